The zero-order valence-electron chi connectivity index (χ0n) is 16.3. The normalized spacial score (nSPS) is 10.4. The summed E-state index contributed by atoms with van der Waals surface area (Å²) < 4.78 is 5.41. The van der Waals surface area contributed by atoms with Gasteiger partial charge in [-0.15, -0.1) is 0 Å². The first kappa shape index (κ1) is 21.5. The molecule has 28 heavy (non-hydrogen) atoms. The van der Waals surface area contributed by atoms with Crippen LogP contribution in [0, 0.1) is 0 Å². The van der Waals surface area contributed by atoms with Crippen molar-refractivity contribution >= 4 is 12.1 Å². The molecule has 150 valence electrons. The van der Waals surface area contributed by atoms with Gasteiger partial charge in [0.25, 0.3) is 0 Å². The fourth-order valence-corrected chi connectivity index (χ4v) is 2.98. The summed E-state index contributed by atoms with van der Waals surface area (Å²) in [6.45, 7) is 1.21. The molecular weight excluding hydrogens is 354 g/mol. The third kappa shape index (κ3) is 8.71. The van der Waals surface area contributed by atoms with E-state index in [9.17, 15) is 9.59 Å². The highest BCUT2D eigenvalue weighted by Crippen LogP contribution is 2.09. The molecule has 0 unspecified atom stereocenters. The minimum atomic E-state index is -0.847. The Balaban J connectivity index is 1.75. The smallest absolute Gasteiger partial charge is 0.410 e. The molecule has 0 heterocycles. The van der Waals surface area contributed by atoms with Gasteiger partial charge in [-0.3, -0.25) is 4.79 Å². The maximum Gasteiger partial charge on any atom is 0.410 e. The molecule has 1 N–H and O–H groups in total. The molecule has 0 aliphatic heterocycles. The Bertz CT molecular complexity index is 703. The van der Waals surface area contributed by atoms with Crippen LogP contribution in [0.1, 0.15) is 43.2 Å². The third-order valence-electron chi connectivity index (χ3n) is 4.52. The van der Waals surface area contributed by atoms with E-state index in [0.29, 0.717) is 19.5 Å². The van der Waals surface area contributed by atoms with Crippen LogP contribution in [0.5, 0.6) is 0 Å². The van der Waals surface area contributed by atoms with E-state index in [4.69, 9.17) is 9.84 Å². The number of carboxylic acids is 1. The van der Waals surface area contributed by atoms with Crippen LogP contribution in [0.4, 0.5) is 4.79 Å². The van der Waals surface area contributed by atoms with Gasteiger partial charge >= 0.3 is 12.1 Å². The average molecular weight is 383 g/mol. The van der Waals surface area contributed by atoms with Gasteiger partial charge in [0, 0.05) is 19.5 Å². The lowest BCUT2D eigenvalue weighted by Crippen LogP contribution is -2.33. The standard InChI is InChI=1S/C23H29NO4/c25-22(26)16-10-18-24(23(27)28-19-21-14-6-2-7-15-21)17-9-3-8-13-20-11-4-1-5-12-20/h1-2,4-7,11-12,14-15H,3,8-10,13,16-19H2,(H,25,26). The van der Waals surface area contributed by atoms with Crippen molar-refractivity contribution in [3.05, 3.63) is 71.8 Å². The Labute approximate surface area is 166 Å². The molecule has 0 saturated heterocycles. The predicted molar refractivity (Wildman–Crippen MR) is 109 cm³/mol. The summed E-state index contributed by atoms with van der Waals surface area (Å²) in [6, 6.07) is 19.9. The molecule has 0 saturated carbocycles. The Morgan fingerprint density at radius 3 is 2.04 bits per heavy atom. The van der Waals surface area contributed by atoms with E-state index in [2.05, 4.69) is 12.1 Å². The van der Waals surface area contributed by atoms with Gasteiger partial charge in [-0.2, -0.15) is 0 Å². The number of rotatable bonds is 12. The van der Waals surface area contributed by atoms with E-state index in [1.165, 1.54) is 5.56 Å². The number of aliphatic carboxylic acids is 1. The second kappa shape index (κ2) is 12.5. The molecule has 1 amide bonds. The van der Waals surface area contributed by atoms with Crippen LogP contribution < -0.4 is 0 Å². The minimum absolute atomic E-state index is 0.0521. The number of carbonyl (C=O) groups is 2. The predicted octanol–water partition coefficient (Wildman–Crippen LogP) is 4.90. The quantitative estimate of drug-likeness (QED) is 0.529. The zero-order valence-corrected chi connectivity index (χ0v) is 16.3. The maximum atomic E-state index is 12.4. The fourth-order valence-electron chi connectivity index (χ4n) is 2.98. The monoisotopic (exact) mass is 383 g/mol. The highest BCUT2D eigenvalue weighted by Gasteiger charge is 2.15. The summed E-state index contributed by atoms with van der Waals surface area (Å²) >= 11 is 0. The van der Waals surface area contributed by atoms with Crippen molar-refractivity contribution in [3.63, 3.8) is 0 Å². The number of amides is 1. The SMILES string of the molecule is O=C(O)CCCN(CCCCCc1ccccc1)C(=O)OCc1ccccc1. The first-order chi connectivity index (χ1) is 13.6. The molecule has 5 nitrogen and oxygen atoms in total. The molecule has 2 rings (SSSR count). The van der Waals surface area contributed by atoms with E-state index in [1.54, 1.807) is 4.90 Å². The number of ether oxygens (including phenoxy) is 1. The van der Waals surface area contributed by atoms with Gasteiger partial charge in [0.15, 0.2) is 0 Å². The highest BCUT2D eigenvalue weighted by molar-refractivity contribution is 5.68. The Hall–Kier alpha value is -2.82. The van der Waals surface area contributed by atoms with Crippen molar-refractivity contribution in [2.45, 2.75) is 45.1 Å². The van der Waals surface area contributed by atoms with Crippen LogP contribution in [0.25, 0.3) is 0 Å². The van der Waals surface area contributed by atoms with Crippen molar-refractivity contribution in [1.29, 1.82) is 0 Å². The second-order valence-corrected chi connectivity index (χ2v) is 6.82. The van der Waals surface area contributed by atoms with Crippen LogP contribution in [-0.2, 0) is 22.6 Å². The molecule has 5 heteroatoms. The fraction of sp³-hybridized carbons (Fsp3) is 0.391. The van der Waals surface area contributed by atoms with E-state index >= 15 is 0 Å². The van der Waals surface area contributed by atoms with Crippen LogP contribution in [-0.4, -0.2) is 35.2 Å². The summed E-state index contributed by atoms with van der Waals surface area (Å²) in [4.78, 5) is 24.8. The molecule has 0 radical (unpaired) electrons. The van der Waals surface area contributed by atoms with Crippen molar-refractivity contribution in [2.24, 2.45) is 0 Å². The summed E-state index contributed by atoms with van der Waals surface area (Å²) in [7, 11) is 0. The van der Waals surface area contributed by atoms with Crippen LogP contribution in [0.15, 0.2) is 60.7 Å². The van der Waals surface area contributed by atoms with Gasteiger partial charge in [0.05, 0.1) is 0 Å². The third-order valence-corrected chi connectivity index (χ3v) is 4.52. The molecule has 2 aromatic rings. The number of carbonyl (C=O) groups excluding carboxylic acids is 1. The highest BCUT2D eigenvalue weighted by atomic mass is 16.6. The van der Waals surface area contributed by atoms with Gasteiger partial charge in [-0.05, 0) is 36.8 Å². The Morgan fingerprint density at radius 2 is 1.39 bits per heavy atom. The molecular formula is C23H29NO4. The van der Waals surface area contributed by atoms with E-state index < -0.39 is 5.97 Å². The van der Waals surface area contributed by atoms with E-state index in [1.807, 2.05) is 48.5 Å². The van der Waals surface area contributed by atoms with Crippen molar-refractivity contribution in [3.8, 4) is 0 Å². The number of hydrogen-bond acceptors (Lipinski definition) is 3. The first-order valence-corrected chi connectivity index (χ1v) is 9.86. The minimum Gasteiger partial charge on any atom is -0.481 e. The first-order valence-electron chi connectivity index (χ1n) is 9.86. The van der Waals surface area contributed by atoms with Crippen LogP contribution in [0.2, 0.25) is 0 Å². The topological polar surface area (TPSA) is 66.8 Å². The molecule has 0 bridgehead atoms. The summed E-state index contributed by atoms with van der Waals surface area (Å²) in [5, 5.41) is 8.84. The molecule has 0 spiro atoms. The lowest BCUT2D eigenvalue weighted by molar-refractivity contribution is -0.137. The van der Waals surface area contributed by atoms with Crippen molar-refractivity contribution in [1.82, 2.24) is 4.90 Å². The molecule has 2 aromatic carbocycles. The number of hydrogen-bond donors (Lipinski definition) is 1. The molecule has 0 aliphatic carbocycles. The lowest BCUT2D eigenvalue weighted by atomic mass is 10.1. The average Bonchev–Trinajstić information content (AvgIpc) is 2.71. The van der Waals surface area contributed by atoms with Gasteiger partial charge in [0.1, 0.15) is 6.61 Å². The summed E-state index contributed by atoms with van der Waals surface area (Å²) in [5.41, 5.74) is 2.26. The van der Waals surface area contributed by atoms with Gasteiger partial charge in [-0.25, -0.2) is 4.79 Å². The molecule has 0 aromatic heterocycles. The number of unbranched alkanes of at least 4 members (excludes halogenated alkanes) is 2. The zero-order chi connectivity index (χ0) is 20.0. The molecule has 0 fully saturated rings. The number of carboxylic acid groups (broad SMARTS) is 1. The van der Waals surface area contributed by atoms with Gasteiger partial charge in [-0.1, -0.05) is 67.1 Å². The van der Waals surface area contributed by atoms with Crippen molar-refractivity contribution in [2.75, 3.05) is 13.1 Å². The van der Waals surface area contributed by atoms with E-state index in [-0.39, 0.29) is 19.1 Å². The maximum absolute atomic E-state index is 12.4. The van der Waals surface area contributed by atoms with Crippen LogP contribution >= 0.6 is 0 Å². The number of benzene rings is 2. The van der Waals surface area contributed by atoms with Crippen molar-refractivity contribution < 1.29 is 19.4 Å². The Morgan fingerprint density at radius 1 is 0.786 bits per heavy atom. The second-order valence-electron chi connectivity index (χ2n) is 6.82. The van der Waals surface area contributed by atoms with E-state index in [0.717, 1.165) is 31.2 Å². The van der Waals surface area contributed by atoms with Crippen LogP contribution in [0.3, 0.4) is 0 Å². The molecule has 0 aliphatic rings. The van der Waals surface area contributed by atoms with Gasteiger partial charge < -0.3 is 14.7 Å². The largest absolute Gasteiger partial charge is 0.481 e. The van der Waals surface area contributed by atoms with Gasteiger partial charge in [0.2, 0.25) is 0 Å². The summed E-state index contributed by atoms with van der Waals surface area (Å²) in [5.74, 6) is -0.847. The Kier molecular flexibility index (Phi) is 9.62. The molecule has 0 atom stereocenters. The summed E-state index contributed by atoms with van der Waals surface area (Å²) in [6.07, 6.45) is 4.08. The number of aryl methyl sites for hydroxylation is 1. The number of nitrogens with zero attached hydrogens (tertiary/aromatic N) is 1. The lowest BCUT2D eigenvalue weighted by Gasteiger charge is -2.22.